The van der Waals surface area contributed by atoms with Gasteiger partial charge in [0.15, 0.2) is 0 Å². The van der Waals surface area contributed by atoms with Crippen LogP contribution in [0.2, 0.25) is 0 Å². The van der Waals surface area contributed by atoms with E-state index in [9.17, 15) is 9.59 Å². The fourth-order valence-electron chi connectivity index (χ4n) is 3.52. The van der Waals surface area contributed by atoms with Crippen LogP contribution in [0.25, 0.3) is 22.5 Å². The number of H-pyrrole nitrogens is 1. The number of carbonyl (C=O) groups is 2. The van der Waals surface area contributed by atoms with E-state index in [4.69, 9.17) is 5.73 Å². The highest BCUT2D eigenvalue weighted by molar-refractivity contribution is 6.00. The standard InChI is InChI=1S/C25H22N4O2/c26-24(30)19-11-5-4-8-17(19)14-15-27-25(31)21-13-7-6-12-20(21)23-16-22(28-29-23)18-9-2-1-3-10-18/h1-13,16H,14-15H2,(H2,26,30)(H,27,31)(H,28,29). The summed E-state index contributed by atoms with van der Waals surface area (Å²) in [4.78, 5) is 24.5. The van der Waals surface area contributed by atoms with Crippen molar-refractivity contribution in [2.24, 2.45) is 5.73 Å². The van der Waals surface area contributed by atoms with Gasteiger partial charge in [-0.3, -0.25) is 14.7 Å². The fourth-order valence-corrected chi connectivity index (χ4v) is 3.52. The van der Waals surface area contributed by atoms with E-state index in [1.54, 1.807) is 18.2 Å². The number of rotatable bonds is 7. The summed E-state index contributed by atoms with van der Waals surface area (Å²) in [5.41, 5.74) is 10.6. The summed E-state index contributed by atoms with van der Waals surface area (Å²) in [6, 6.07) is 26.3. The number of primary amides is 1. The highest BCUT2D eigenvalue weighted by atomic mass is 16.2. The van der Waals surface area contributed by atoms with Crippen molar-refractivity contribution in [1.29, 1.82) is 0 Å². The molecule has 2 amide bonds. The third-order valence-corrected chi connectivity index (χ3v) is 5.07. The molecule has 1 aromatic heterocycles. The quantitative estimate of drug-likeness (QED) is 0.432. The lowest BCUT2D eigenvalue weighted by atomic mass is 10.0. The zero-order valence-corrected chi connectivity index (χ0v) is 16.8. The molecule has 0 bridgehead atoms. The molecule has 0 unspecified atom stereocenters. The lowest BCUT2D eigenvalue weighted by Gasteiger charge is -2.10. The molecular formula is C25H22N4O2. The van der Waals surface area contributed by atoms with Crippen LogP contribution in [0.15, 0.2) is 84.9 Å². The number of aromatic amines is 1. The first-order valence-corrected chi connectivity index (χ1v) is 9.99. The van der Waals surface area contributed by atoms with E-state index in [0.717, 1.165) is 28.1 Å². The predicted molar refractivity (Wildman–Crippen MR) is 120 cm³/mol. The van der Waals surface area contributed by atoms with Crippen molar-refractivity contribution in [3.63, 3.8) is 0 Å². The van der Waals surface area contributed by atoms with Crippen LogP contribution in [0, 0.1) is 0 Å². The fraction of sp³-hybridized carbons (Fsp3) is 0.0800. The van der Waals surface area contributed by atoms with Gasteiger partial charge in [-0.15, -0.1) is 0 Å². The number of amides is 2. The van der Waals surface area contributed by atoms with Crippen LogP contribution in [-0.4, -0.2) is 28.6 Å². The number of hydrogen-bond donors (Lipinski definition) is 3. The van der Waals surface area contributed by atoms with Crippen LogP contribution in [-0.2, 0) is 6.42 Å². The van der Waals surface area contributed by atoms with Crippen molar-refractivity contribution < 1.29 is 9.59 Å². The summed E-state index contributed by atoms with van der Waals surface area (Å²) >= 11 is 0. The molecule has 0 spiro atoms. The van der Waals surface area contributed by atoms with Gasteiger partial charge in [0.2, 0.25) is 5.91 Å². The van der Waals surface area contributed by atoms with Gasteiger partial charge >= 0.3 is 0 Å². The third kappa shape index (κ3) is 4.53. The molecule has 154 valence electrons. The minimum Gasteiger partial charge on any atom is -0.366 e. The average molecular weight is 410 g/mol. The summed E-state index contributed by atoms with van der Waals surface area (Å²) in [5, 5.41) is 10.4. The molecule has 0 saturated carbocycles. The number of benzene rings is 3. The first-order chi connectivity index (χ1) is 15.1. The van der Waals surface area contributed by atoms with Gasteiger partial charge in [-0.25, -0.2) is 0 Å². The second-order valence-corrected chi connectivity index (χ2v) is 7.11. The Morgan fingerprint density at radius 3 is 2.32 bits per heavy atom. The number of hydrogen-bond acceptors (Lipinski definition) is 3. The van der Waals surface area contributed by atoms with Crippen LogP contribution in [0.4, 0.5) is 0 Å². The number of nitrogens with two attached hydrogens (primary N) is 1. The van der Waals surface area contributed by atoms with E-state index in [1.165, 1.54) is 0 Å². The van der Waals surface area contributed by atoms with Gasteiger partial charge in [0, 0.05) is 28.8 Å². The van der Waals surface area contributed by atoms with E-state index in [-0.39, 0.29) is 5.91 Å². The van der Waals surface area contributed by atoms with E-state index in [2.05, 4.69) is 15.5 Å². The Hall–Kier alpha value is -4.19. The van der Waals surface area contributed by atoms with E-state index in [0.29, 0.717) is 24.1 Å². The van der Waals surface area contributed by atoms with Crippen molar-refractivity contribution in [3.05, 3.63) is 102 Å². The molecule has 3 aromatic carbocycles. The SMILES string of the molecule is NC(=O)c1ccccc1CCNC(=O)c1ccccc1-c1cc(-c2ccccc2)n[nH]1. The monoisotopic (exact) mass is 410 g/mol. The number of aromatic nitrogens is 2. The highest BCUT2D eigenvalue weighted by Gasteiger charge is 2.15. The highest BCUT2D eigenvalue weighted by Crippen LogP contribution is 2.26. The summed E-state index contributed by atoms with van der Waals surface area (Å²) in [7, 11) is 0. The topological polar surface area (TPSA) is 101 Å². The summed E-state index contributed by atoms with van der Waals surface area (Å²) in [6.45, 7) is 0.385. The molecule has 0 saturated heterocycles. The molecule has 6 nitrogen and oxygen atoms in total. The van der Waals surface area contributed by atoms with Crippen molar-refractivity contribution in [2.45, 2.75) is 6.42 Å². The molecule has 4 N–H and O–H groups in total. The van der Waals surface area contributed by atoms with E-state index < -0.39 is 5.91 Å². The van der Waals surface area contributed by atoms with Crippen LogP contribution >= 0.6 is 0 Å². The van der Waals surface area contributed by atoms with Gasteiger partial charge < -0.3 is 11.1 Å². The van der Waals surface area contributed by atoms with Crippen LogP contribution in [0.3, 0.4) is 0 Å². The number of nitrogens with zero attached hydrogens (tertiary/aromatic N) is 1. The molecule has 0 aliphatic rings. The Bertz CT molecular complexity index is 1210. The van der Waals surface area contributed by atoms with Crippen LogP contribution in [0.5, 0.6) is 0 Å². The summed E-state index contributed by atoms with van der Waals surface area (Å²) in [5.74, 6) is -0.663. The van der Waals surface area contributed by atoms with Crippen LogP contribution < -0.4 is 11.1 Å². The van der Waals surface area contributed by atoms with Crippen LogP contribution in [0.1, 0.15) is 26.3 Å². The smallest absolute Gasteiger partial charge is 0.251 e. The second kappa shape index (κ2) is 9.09. The Kier molecular flexibility index (Phi) is 5.89. The first-order valence-electron chi connectivity index (χ1n) is 9.99. The average Bonchev–Trinajstić information content (AvgIpc) is 3.30. The molecule has 0 fully saturated rings. The maximum Gasteiger partial charge on any atom is 0.251 e. The number of nitrogens with one attached hydrogen (secondary N) is 2. The van der Waals surface area contributed by atoms with Crippen molar-refractivity contribution >= 4 is 11.8 Å². The molecule has 4 rings (SSSR count). The van der Waals surface area contributed by atoms with Gasteiger partial charge in [-0.2, -0.15) is 5.10 Å². The van der Waals surface area contributed by atoms with Gasteiger partial charge in [-0.1, -0.05) is 66.7 Å². The molecule has 6 heteroatoms. The zero-order chi connectivity index (χ0) is 21.6. The first kappa shape index (κ1) is 20.1. The molecule has 0 aliphatic heterocycles. The zero-order valence-electron chi connectivity index (χ0n) is 16.8. The van der Waals surface area contributed by atoms with Crippen molar-refractivity contribution in [3.8, 4) is 22.5 Å². The van der Waals surface area contributed by atoms with Crippen molar-refractivity contribution in [2.75, 3.05) is 6.54 Å². The van der Waals surface area contributed by atoms with Gasteiger partial charge in [0.05, 0.1) is 11.4 Å². The summed E-state index contributed by atoms with van der Waals surface area (Å²) in [6.07, 6.45) is 0.509. The molecule has 1 heterocycles. The lowest BCUT2D eigenvalue weighted by Crippen LogP contribution is -2.27. The Morgan fingerprint density at radius 2 is 1.55 bits per heavy atom. The minimum absolute atomic E-state index is 0.192. The molecule has 31 heavy (non-hydrogen) atoms. The Labute approximate surface area is 180 Å². The third-order valence-electron chi connectivity index (χ3n) is 5.07. The molecule has 0 radical (unpaired) electrons. The molecular weight excluding hydrogens is 388 g/mol. The van der Waals surface area contributed by atoms with Crippen molar-refractivity contribution in [1.82, 2.24) is 15.5 Å². The predicted octanol–water partition coefficient (Wildman–Crippen LogP) is 3.82. The van der Waals surface area contributed by atoms with Gasteiger partial charge in [0.25, 0.3) is 5.91 Å². The molecule has 0 aliphatic carbocycles. The van der Waals surface area contributed by atoms with Gasteiger partial charge in [0.1, 0.15) is 0 Å². The lowest BCUT2D eigenvalue weighted by molar-refractivity contribution is 0.0954. The molecule has 0 atom stereocenters. The molecule has 4 aromatic rings. The largest absolute Gasteiger partial charge is 0.366 e. The Balaban J connectivity index is 1.50. The Morgan fingerprint density at radius 1 is 0.871 bits per heavy atom. The maximum absolute atomic E-state index is 12.9. The van der Waals surface area contributed by atoms with Gasteiger partial charge in [-0.05, 0) is 30.2 Å². The number of carbonyl (C=O) groups excluding carboxylic acids is 2. The maximum atomic E-state index is 12.9. The second-order valence-electron chi connectivity index (χ2n) is 7.11. The summed E-state index contributed by atoms with van der Waals surface area (Å²) < 4.78 is 0. The van der Waals surface area contributed by atoms with E-state index >= 15 is 0 Å². The normalized spacial score (nSPS) is 10.6. The van der Waals surface area contributed by atoms with E-state index in [1.807, 2.05) is 66.7 Å². The minimum atomic E-state index is -0.472.